The number of unbranched alkanes of at least 4 members (excludes halogenated alkanes) is 1. The average molecular weight is 371 g/mol. The lowest BCUT2D eigenvalue weighted by molar-refractivity contribution is -0.117. The molecule has 0 atom stereocenters. The highest BCUT2D eigenvalue weighted by Crippen LogP contribution is 2.31. The molecular formula is C20H25N3O4. The minimum Gasteiger partial charge on any atom is -0.493 e. The van der Waals surface area contributed by atoms with Gasteiger partial charge in [0.25, 0.3) is 0 Å². The van der Waals surface area contributed by atoms with Crippen molar-refractivity contribution in [1.29, 1.82) is 0 Å². The van der Waals surface area contributed by atoms with E-state index in [4.69, 9.17) is 9.47 Å². The molecule has 1 heterocycles. The molecule has 0 spiro atoms. The van der Waals surface area contributed by atoms with Gasteiger partial charge in [-0.15, -0.1) is 0 Å². The first-order valence-corrected chi connectivity index (χ1v) is 8.76. The van der Waals surface area contributed by atoms with E-state index in [1.165, 1.54) is 6.08 Å². The normalized spacial score (nSPS) is 10.8. The van der Waals surface area contributed by atoms with Gasteiger partial charge in [0.05, 0.1) is 14.2 Å². The zero-order valence-electron chi connectivity index (χ0n) is 15.9. The van der Waals surface area contributed by atoms with Gasteiger partial charge in [-0.25, -0.2) is 0 Å². The fourth-order valence-electron chi connectivity index (χ4n) is 2.58. The summed E-state index contributed by atoms with van der Waals surface area (Å²) in [4.78, 5) is 23.1. The summed E-state index contributed by atoms with van der Waals surface area (Å²) in [6, 6.07) is 7.19. The van der Waals surface area contributed by atoms with Crippen molar-refractivity contribution in [2.75, 3.05) is 19.5 Å². The lowest BCUT2D eigenvalue weighted by Crippen LogP contribution is -2.09. The number of aryl methyl sites for hydroxylation is 1. The first kappa shape index (κ1) is 20.2. The number of hydrogen-bond acceptors (Lipinski definition) is 5. The number of anilines is 1. The molecule has 1 aromatic heterocycles. The van der Waals surface area contributed by atoms with E-state index in [0.717, 1.165) is 18.4 Å². The highest BCUT2D eigenvalue weighted by molar-refractivity contribution is 6.01. The first-order valence-electron chi connectivity index (χ1n) is 8.76. The van der Waals surface area contributed by atoms with E-state index in [1.807, 2.05) is 12.1 Å². The Morgan fingerprint density at radius 3 is 2.70 bits per heavy atom. The molecule has 0 fully saturated rings. The van der Waals surface area contributed by atoms with E-state index in [0.29, 0.717) is 30.3 Å². The average Bonchev–Trinajstić information content (AvgIpc) is 3.10. The molecule has 27 heavy (non-hydrogen) atoms. The molecule has 2 rings (SSSR count). The molecule has 0 aliphatic heterocycles. The highest BCUT2D eigenvalue weighted by atomic mass is 16.5. The number of ketones is 1. The maximum atomic E-state index is 12.1. The van der Waals surface area contributed by atoms with Crippen molar-refractivity contribution in [2.24, 2.45) is 0 Å². The van der Waals surface area contributed by atoms with Crippen LogP contribution in [-0.2, 0) is 16.1 Å². The topological polar surface area (TPSA) is 82.5 Å². The Bertz CT molecular complexity index is 811. The molecule has 0 bridgehead atoms. The second-order valence-corrected chi connectivity index (χ2v) is 6.03. The molecule has 144 valence electrons. The Hall–Kier alpha value is -3.09. The van der Waals surface area contributed by atoms with E-state index in [1.54, 1.807) is 50.2 Å². The molecule has 0 saturated carbocycles. The van der Waals surface area contributed by atoms with Crippen LogP contribution in [0.15, 0.2) is 36.5 Å². The Kier molecular flexibility index (Phi) is 7.61. The number of para-hydroxylation sites is 1. The highest BCUT2D eigenvalue weighted by Gasteiger charge is 2.08. The molecule has 0 saturated heterocycles. The molecule has 7 heteroatoms. The third-order valence-electron chi connectivity index (χ3n) is 3.91. The maximum Gasteiger partial charge on any atom is 0.249 e. The molecule has 7 nitrogen and oxygen atoms in total. The summed E-state index contributed by atoms with van der Waals surface area (Å²) in [7, 11) is 3.12. The fraction of sp³-hybridized carbons (Fsp3) is 0.350. The number of carbonyl (C=O) groups is 2. The summed E-state index contributed by atoms with van der Waals surface area (Å²) in [6.45, 7) is 2.30. The number of nitrogens with zero attached hydrogens (tertiary/aromatic N) is 2. The number of amides is 1. The summed E-state index contributed by atoms with van der Waals surface area (Å²) in [5, 5.41) is 7.03. The van der Waals surface area contributed by atoms with Gasteiger partial charge in [0.2, 0.25) is 5.91 Å². The molecule has 2 aromatic rings. The Morgan fingerprint density at radius 1 is 1.19 bits per heavy atom. The van der Waals surface area contributed by atoms with Crippen LogP contribution in [0.3, 0.4) is 0 Å². The number of rotatable bonds is 10. The number of nitrogens with one attached hydrogen (secondary N) is 1. The molecule has 1 aromatic carbocycles. The van der Waals surface area contributed by atoms with Crippen molar-refractivity contribution in [2.45, 2.75) is 32.7 Å². The van der Waals surface area contributed by atoms with Gasteiger partial charge in [-0.1, -0.05) is 12.1 Å². The first-order chi connectivity index (χ1) is 13.0. The van der Waals surface area contributed by atoms with Crippen LogP contribution in [0.2, 0.25) is 0 Å². The predicted molar refractivity (Wildman–Crippen MR) is 104 cm³/mol. The Morgan fingerprint density at radius 2 is 2.00 bits per heavy atom. The van der Waals surface area contributed by atoms with Crippen LogP contribution in [0.5, 0.6) is 11.5 Å². The van der Waals surface area contributed by atoms with Crippen molar-refractivity contribution in [3.63, 3.8) is 0 Å². The number of hydrogen-bond donors (Lipinski definition) is 1. The van der Waals surface area contributed by atoms with Gasteiger partial charge in [0.1, 0.15) is 5.78 Å². The second-order valence-electron chi connectivity index (χ2n) is 6.03. The standard InChI is InChI=1S/C20H25N3O4/c1-15(24)7-4-5-13-23-14-12-18(22-23)21-19(25)11-10-16-8-6-9-17(26-2)20(16)27-3/h6,8-12,14H,4-5,7,13H2,1-3H3,(H,21,22,25). The van der Waals surface area contributed by atoms with Gasteiger partial charge in [-0.05, 0) is 31.9 Å². The van der Waals surface area contributed by atoms with E-state index in [9.17, 15) is 9.59 Å². The SMILES string of the molecule is COc1cccc(C=CC(=O)Nc2ccn(CCCCC(C)=O)n2)c1OC. The zero-order chi connectivity index (χ0) is 19.6. The quantitative estimate of drug-likeness (QED) is 0.512. The molecule has 0 aliphatic rings. The summed E-state index contributed by atoms with van der Waals surface area (Å²) in [5.74, 6) is 1.56. The minimum absolute atomic E-state index is 0.197. The number of methoxy groups -OCH3 is 2. The fourth-order valence-corrected chi connectivity index (χ4v) is 2.58. The van der Waals surface area contributed by atoms with Gasteiger partial charge in [0.15, 0.2) is 17.3 Å². The van der Waals surface area contributed by atoms with Crippen LogP contribution in [0.25, 0.3) is 6.08 Å². The minimum atomic E-state index is -0.290. The second kappa shape index (κ2) is 10.2. The van der Waals surface area contributed by atoms with Crippen LogP contribution in [-0.4, -0.2) is 35.7 Å². The van der Waals surface area contributed by atoms with E-state index >= 15 is 0 Å². The summed E-state index contributed by atoms with van der Waals surface area (Å²) >= 11 is 0. The maximum absolute atomic E-state index is 12.1. The molecule has 1 amide bonds. The Labute approximate surface area is 159 Å². The van der Waals surface area contributed by atoms with Gasteiger partial charge >= 0.3 is 0 Å². The van der Waals surface area contributed by atoms with Crippen molar-refractivity contribution in [3.05, 3.63) is 42.1 Å². The van der Waals surface area contributed by atoms with Crippen LogP contribution >= 0.6 is 0 Å². The zero-order valence-corrected chi connectivity index (χ0v) is 15.9. The molecular weight excluding hydrogens is 346 g/mol. The number of carbonyl (C=O) groups excluding carboxylic acids is 2. The van der Waals surface area contributed by atoms with Crippen LogP contribution in [0.4, 0.5) is 5.82 Å². The number of benzene rings is 1. The van der Waals surface area contributed by atoms with Crippen molar-refractivity contribution in [3.8, 4) is 11.5 Å². The van der Waals surface area contributed by atoms with Crippen LogP contribution < -0.4 is 14.8 Å². The van der Waals surface area contributed by atoms with E-state index in [2.05, 4.69) is 10.4 Å². The van der Waals surface area contributed by atoms with Gasteiger partial charge in [-0.3, -0.25) is 9.48 Å². The van der Waals surface area contributed by atoms with Crippen LogP contribution in [0, 0.1) is 0 Å². The molecule has 0 aliphatic carbocycles. The molecule has 0 unspecified atom stereocenters. The van der Waals surface area contributed by atoms with Crippen molar-refractivity contribution in [1.82, 2.24) is 9.78 Å². The summed E-state index contributed by atoms with van der Waals surface area (Å²) in [5.41, 5.74) is 0.739. The predicted octanol–water partition coefficient (Wildman–Crippen LogP) is 3.31. The van der Waals surface area contributed by atoms with E-state index in [-0.39, 0.29) is 11.7 Å². The smallest absolute Gasteiger partial charge is 0.249 e. The van der Waals surface area contributed by atoms with Crippen molar-refractivity contribution >= 4 is 23.6 Å². The number of Topliss-reactive ketones (excluding diaryl/α,β-unsaturated/α-hetero) is 1. The summed E-state index contributed by atoms with van der Waals surface area (Å²) in [6.07, 6.45) is 7.17. The lowest BCUT2D eigenvalue weighted by atomic mass is 10.1. The van der Waals surface area contributed by atoms with Gasteiger partial charge in [-0.2, -0.15) is 5.10 Å². The third kappa shape index (κ3) is 6.29. The number of aromatic nitrogens is 2. The summed E-state index contributed by atoms with van der Waals surface area (Å²) < 4.78 is 12.3. The molecule has 1 N–H and O–H groups in total. The Balaban J connectivity index is 1.91. The largest absolute Gasteiger partial charge is 0.493 e. The molecule has 0 radical (unpaired) electrons. The van der Waals surface area contributed by atoms with Gasteiger partial charge in [0, 0.05) is 36.9 Å². The van der Waals surface area contributed by atoms with Crippen molar-refractivity contribution < 1.29 is 19.1 Å². The van der Waals surface area contributed by atoms with Gasteiger partial charge < -0.3 is 19.6 Å². The third-order valence-corrected chi connectivity index (χ3v) is 3.91. The van der Waals surface area contributed by atoms with Crippen LogP contribution in [0.1, 0.15) is 31.7 Å². The lowest BCUT2D eigenvalue weighted by Gasteiger charge is -2.09. The van der Waals surface area contributed by atoms with E-state index < -0.39 is 0 Å². The monoisotopic (exact) mass is 371 g/mol. The number of ether oxygens (including phenoxy) is 2.